The zero-order valence-corrected chi connectivity index (χ0v) is 16.7. The van der Waals surface area contributed by atoms with Gasteiger partial charge in [0.05, 0.1) is 19.0 Å². The van der Waals surface area contributed by atoms with Gasteiger partial charge in [0.2, 0.25) is 0 Å². The highest BCUT2D eigenvalue weighted by Crippen LogP contribution is 2.36. The highest BCUT2D eigenvalue weighted by atomic mass is 79.9. The number of nitriles is 2. The summed E-state index contributed by atoms with van der Waals surface area (Å²) in [5, 5.41) is 18.6. The van der Waals surface area contributed by atoms with Crippen molar-refractivity contribution in [3.05, 3.63) is 66.0 Å². The summed E-state index contributed by atoms with van der Waals surface area (Å²) < 4.78 is 7.20. The predicted octanol–water partition coefficient (Wildman–Crippen LogP) is 6.53. The normalized spacial score (nSPS) is 9.75. The van der Waals surface area contributed by atoms with Crippen molar-refractivity contribution >= 4 is 61.1 Å². The highest BCUT2D eigenvalue weighted by molar-refractivity contribution is 9.11. The van der Waals surface area contributed by atoms with E-state index >= 15 is 0 Å². The molecule has 0 heterocycles. The molecule has 0 aliphatic carbocycles. The van der Waals surface area contributed by atoms with Crippen LogP contribution in [0, 0.1) is 22.7 Å². The van der Waals surface area contributed by atoms with E-state index < -0.39 is 0 Å². The van der Waals surface area contributed by atoms with Crippen molar-refractivity contribution in [1.82, 2.24) is 0 Å². The lowest BCUT2D eigenvalue weighted by Gasteiger charge is -2.12. The maximum absolute atomic E-state index is 8.82. The first-order chi connectivity index (χ1) is 11.4. The molecular weight excluding hydrogens is 479 g/mol. The monoisotopic (exact) mass is 484 g/mol. The summed E-state index contributed by atoms with van der Waals surface area (Å²) >= 11 is 18.7. The molecule has 2 aromatic rings. The fourth-order valence-corrected chi connectivity index (χ4v) is 3.61. The van der Waals surface area contributed by atoms with E-state index in [-0.39, 0.29) is 5.57 Å². The van der Waals surface area contributed by atoms with Gasteiger partial charge in [-0.3, -0.25) is 0 Å². The number of allylic oxidation sites excluding steroid dienone is 1. The van der Waals surface area contributed by atoms with Crippen LogP contribution in [0.15, 0.2) is 44.9 Å². The summed E-state index contributed by atoms with van der Waals surface area (Å²) in [6.07, 6.45) is 1.50. The third-order valence-electron chi connectivity index (χ3n) is 2.94. The molecule has 0 radical (unpaired) electrons. The predicted molar refractivity (Wildman–Crippen MR) is 102 cm³/mol. The molecule has 0 saturated carbocycles. The van der Waals surface area contributed by atoms with Gasteiger partial charge in [-0.05, 0) is 73.3 Å². The van der Waals surface area contributed by atoms with E-state index in [1.807, 2.05) is 18.2 Å². The van der Waals surface area contributed by atoms with E-state index in [2.05, 4.69) is 31.9 Å². The smallest absolute Gasteiger partial charge is 0.148 e. The van der Waals surface area contributed by atoms with Crippen molar-refractivity contribution in [3.63, 3.8) is 0 Å². The average molecular weight is 487 g/mol. The van der Waals surface area contributed by atoms with Gasteiger partial charge in [-0.1, -0.05) is 29.3 Å². The van der Waals surface area contributed by atoms with Crippen LogP contribution < -0.4 is 4.74 Å². The molecule has 2 aromatic carbocycles. The summed E-state index contributed by atoms with van der Waals surface area (Å²) in [5.74, 6) is 0.605. The Morgan fingerprint density at radius 3 is 2.21 bits per heavy atom. The van der Waals surface area contributed by atoms with Crippen LogP contribution in [-0.4, -0.2) is 0 Å². The van der Waals surface area contributed by atoms with Crippen molar-refractivity contribution in [2.24, 2.45) is 0 Å². The molecule has 0 aliphatic rings. The molecule has 120 valence electrons. The van der Waals surface area contributed by atoms with E-state index in [9.17, 15) is 0 Å². The molecule has 0 amide bonds. The Morgan fingerprint density at radius 2 is 1.67 bits per heavy atom. The van der Waals surface area contributed by atoms with Gasteiger partial charge in [-0.15, -0.1) is 0 Å². The minimum atomic E-state index is 0.0262. The van der Waals surface area contributed by atoms with Crippen LogP contribution in [0.5, 0.6) is 5.75 Å². The number of halogens is 4. The third kappa shape index (κ3) is 4.75. The zero-order chi connectivity index (χ0) is 17.7. The standard InChI is InChI=1S/C17H8Br2Cl2N2O/c18-13-4-11(3-12(7-22)8-23)5-14(19)17(13)24-9-10-1-2-15(20)16(21)6-10/h1-6H,9H2. The summed E-state index contributed by atoms with van der Waals surface area (Å²) in [5.41, 5.74) is 1.61. The second-order valence-corrected chi connectivity index (χ2v) is 7.16. The summed E-state index contributed by atoms with van der Waals surface area (Å²) in [6.45, 7) is 0.310. The van der Waals surface area contributed by atoms with Crippen LogP contribution in [0.4, 0.5) is 0 Å². The lowest BCUT2D eigenvalue weighted by Crippen LogP contribution is -1.97. The Balaban J connectivity index is 2.23. The first-order valence-electron chi connectivity index (χ1n) is 6.52. The maximum Gasteiger partial charge on any atom is 0.148 e. The molecule has 0 fully saturated rings. The van der Waals surface area contributed by atoms with Crippen molar-refractivity contribution < 1.29 is 4.74 Å². The first-order valence-corrected chi connectivity index (χ1v) is 8.86. The molecule has 2 rings (SSSR count). The second kappa shape index (κ2) is 8.55. The van der Waals surface area contributed by atoms with Crippen LogP contribution in [0.25, 0.3) is 6.08 Å². The fourth-order valence-electron chi connectivity index (χ4n) is 1.84. The molecule has 0 N–H and O–H groups in total. The number of benzene rings is 2. The number of nitrogens with zero attached hydrogens (tertiary/aromatic N) is 2. The van der Waals surface area contributed by atoms with Crippen molar-refractivity contribution in [3.8, 4) is 17.9 Å². The molecular formula is C17H8Br2Cl2N2O. The Labute approximate surface area is 166 Å². The molecule has 0 aliphatic heterocycles. The number of ether oxygens (including phenoxy) is 1. The van der Waals surface area contributed by atoms with Gasteiger partial charge in [0.15, 0.2) is 0 Å². The Morgan fingerprint density at radius 1 is 1.04 bits per heavy atom. The van der Waals surface area contributed by atoms with Crippen LogP contribution in [-0.2, 0) is 6.61 Å². The summed E-state index contributed by atoms with van der Waals surface area (Å²) in [4.78, 5) is 0. The van der Waals surface area contributed by atoms with Crippen molar-refractivity contribution in [1.29, 1.82) is 10.5 Å². The molecule has 0 atom stereocenters. The van der Waals surface area contributed by atoms with Gasteiger partial charge in [0, 0.05) is 0 Å². The van der Waals surface area contributed by atoms with Crippen molar-refractivity contribution in [2.75, 3.05) is 0 Å². The lowest BCUT2D eigenvalue weighted by atomic mass is 10.1. The Kier molecular flexibility index (Phi) is 6.71. The number of hydrogen-bond donors (Lipinski definition) is 0. The van der Waals surface area contributed by atoms with Crippen LogP contribution in [0.3, 0.4) is 0 Å². The summed E-state index contributed by atoms with van der Waals surface area (Å²) in [6, 6.07) is 12.5. The van der Waals surface area contributed by atoms with E-state index in [0.717, 1.165) is 5.56 Å². The van der Waals surface area contributed by atoms with Crippen LogP contribution in [0.1, 0.15) is 11.1 Å². The Bertz CT molecular complexity index is 859. The average Bonchev–Trinajstić information content (AvgIpc) is 2.55. The third-order valence-corrected chi connectivity index (χ3v) is 4.86. The van der Waals surface area contributed by atoms with Crippen LogP contribution in [0.2, 0.25) is 10.0 Å². The van der Waals surface area contributed by atoms with E-state index in [0.29, 0.717) is 36.9 Å². The minimum absolute atomic E-state index is 0.0262. The van der Waals surface area contributed by atoms with E-state index in [4.69, 9.17) is 38.5 Å². The van der Waals surface area contributed by atoms with Gasteiger partial charge in [0.1, 0.15) is 30.1 Å². The largest absolute Gasteiger partial charge is 0.487 e. The zero-order valence-electron chi connectivity index (χ0n) is 12.0. The molecule has 0 saturated heterocycles. The van der Waals surface area contributed by atoms with Crippen LogP contribution >= 0.6 is 55.1 Å². The SMILES string of the molecule is N#CC(C#N)=Cc1cc(Br)c(OCc2ccc(Cl)c(Cl)c2)c(Br)c1. The topological polar surface area (TPSA) is 56.8 Å². The number of rotatable bonds is 4. The van der Waals surface area contributed by atoms with Gasteiger partial charge >= 0.3 is 0 Å². The molecule has 7 heteroatoms. The van der Waals surface area contributed by atoms with Gasteiger partial charge < -0.3 is 4.74 Å². The summed E-state index contributed by atoms with van der Waals surface area (Å²) in [7, 11) is 0. The Hall–Kier alpha value is -1.50. The van der Waals surface area contributed by atoms with Gasteiger partial charge in [0.25, 0.3) is 0 Å². The molecule has 0 bridgehead atoms. The van der Waals surface area contributed by atoms with Gasteiger partial charge in [-0.2, -0.15) is 10.5 Å². The molecule has 0 unspecified atom stereocenters. The first kappa shape index (κ1) is 18.8. The fraction of sp³-hybridized carbons (Fsp3) is 0.0588. The number of hydrogen-bond acceptors (Lipinski definition) is 3. The molecule has 24 heavy (non-hydrogen) atoms. The van der Waals surface area contributed by atoms with E-state index in [1.165, 1.54) is 6.08 Å². The molecule has 3 nitrogen and oxygen atoms in total. The minimum Gasteiger partial charge on any atom is -0.487 e. The lowest BCUT2D eigenvalue weighted by molar-refractivity contribution is 0.302. The highest BCUT2D eigenvalue weighted by Gasteiger charge is 2.10. The molecule has 0 spiro atoms. The van der Waals surface area contributed by atoms with E-state index in [1.54, 1.807) is 24.3 Å². The molecule has 0 aromatic heterocycles. The second-order valence-electron chi connectivity index (χ2n) is 4.63. The van der Waals surface area contributed by atoms with Crippen molar-refractivity contribution in [2.45, 2.75) is 6.61 Å². The van der Waals surface area contributed by atoms with Gasteiger partial charge in [-0.25, -0.2) is 0 Å². The quantitative estimate of drug-likeness (QED) is 0.462. The maximum atomic E-state index is 8.82.